The van der Waals surface area contributed by atoms with Crippen LogP contribution in [0.25, 0.3) is 5.57 Å². The van der Waals surface area contributed by atoms with Crippen molar-refractivity contribution in [3.63, 3.8) is 0 Å². The summed E-state index contributed by atoms with van der Waals surface area (Å²) >= 11 is 0. The van der Waals surface area contributed by atoms with Gasteiger partial charge in [-0.05, 0) is 36.4 Å². The van der Waals surface area contributed by atoms with Crippen molar-refractivity contribution < 1.29 is 4.74 Å². The lowest BCUT2D eigenvalue weighted by Crippen LogP contribution is -2.07. The molecule has 2 aromatic carbocycles. The van der Waals surface area contributed by atoms with E-state index >= 15 is 0 Å². The van der Waals surface area contributed by atoms with Crippen LogP contribution in [0, 0.1) is 23.2 Å². The van der Waals surface area contributed by atoms with Gasteiger partial charge in [0.05, 0.1) is 12.7 Å². The predicted octanol–water partition coefficient (Wildman–Crippen LogP) is 3.30. The van der Waals surface area contributed by atoms with E-state index in [4.69, 9.17) is 10.5 Å². The molecule has 0 bridgehead atoms. The summed E-state index contributed by atoms with van der Waals surface area (Å²) in [5, 5.41) is 9.35. The number of hydrogen-bond donors (Lipinski definition) is 1. The lowest BCUT2D eigenvalue weighted by Gasteiger charge is -2.11. The van der Waals surface area contributed by atoms with E-state index in [0.717, 1.165) is 11.3 Å². The fraction of sp³-hybridized carbons (Fsp3) is 0.150. The molecule has 4 nitrogen and oxygen atoms in total. The van der Waals surface area contributed by atoms with Crippen molar-refractivity contribution in [1.29, 1.82) is 5.26 Å². The monoisotopic (exact) mass is 317 g/mol. The Morgan fingerprint density at radius 1 is 1.17 bits per heavy atom. The summed E-state index contributed by atoms with van der Waals surface area (Å²) in [6.07, 6.45) is 1.58. The summed E-state index contributed by atoms with van der Waals surface area (Å²) in [5.74, 6) is 6.60. The maximum Gasteiger partial charge on any atom is 0.120 e. The Bertz CT molecular complexity index is 847. The van der Waals surface area contributed by atoms with Gasteiger partial charge in [-0.2, -0.15) is 5.26 Å². The molecule has 0 atom stereocenters. The van der Waals surface area contributed by atoms with Crippen LogP contribution in [0.1, 0.15) is 11.1 Å². The van der Waals surface area contributed by atoms with Gasteiger partial charge in [0.25, 0.3) is 0 Å². The van der Waals surface area contributed by atoms with Crippen LogP contribution >= 0.6 is 0 Å². The van der Waals surface area contributed by atoms with E-state index in [2.05, 4.69) is 17.9 Å². The van der Waals surface area contributed by atoms with Gasteiger partial charge in [0.15, 0.2) is 0 Å². The average molecular weight is 317 g/mol. The van der Waals surface area contributed by atoms with E-state index in [9.17, 15) is 5.26 Å². The molecule has 120 valence electrons. The van der Waals surface area contributed by atoms with Crippen LogP contribution in [-0.2, 0) is 0 Å². The van der Waals surface area contributed by atoms with Gasteiger partial charge in [-0.1, -0.05) is 11.8 Å². The third-order valence-corrected chi connectivity index (χ3v) is 3.49. The second-order valence-electron chi connectivity index (χ2n) is 5.33. The quantitative estimate of drug-likeness (QED) is 0.536. The number of anilines is 2. The van der Waals surface area contributed by atoms with Gasteiger partial charge in [-0.15, -0.1) is 0 Å². The zero-order valence-corrected chi connectivity index (χ0v) is 14.0. The van der Waals surface area contributed by atoms with Gasteiger partial charge in [0.1, 0.15) is 11.8 Å². The van der Waals surface area contributed by atoms with E-state index < -0.39 is 0 Å². The number of nitriles is 1. The molecule has 0 unspecified atom stereocenters. The van der Waals surface area contributed by atoms with Gasteiger partial charge < -0.3 is 15.4 Å². The number of nitrogens with two attached hydrogens (primary N) is 1. The Morgan fingerprint density at radius 2 is 1.88 bits per heavy atom. The van der Waals surface area contributed by atoms with E-state index in [1.165, 1.54) is 0 Å². The standard InChI is InChI=1S/C20H19N3O/c1-23(2)17-9-7-15(8-10-17)5-4-6-16(14-21)19-12-11-18(24-3)13-20(19)22/h6-13H,22H2,1-3H3/b16-6+. The summed E-state index contributed by atoms with van der Waals surface area (Å²) in [6.45, 7) is 0. The number of ether oxygens (including phenoxy) is 1. The predicted molar refractivity (Wildman–Crippen MR) is 98.6 cm³/mol. The van der Waals surface area contributed by atoms with Crippen molar-refractivity contribution in [3.8, 4) is 23.7 Å². The van der Waals surface area contributed by atoms with Gasteiger partial charge in [0, 0.05) is 48.7 Å². The molecular weight excluding hydrogens is 298 g/mol. The van der Waals surface area contributed by atoms with Crippen LogP contribution in [0.15, 0.2) is 48.5 Å². The number of benzene rings is 2. The number of methoxy groups -OCH3 is 1. The molecule has 0 saturated heterocycles. The lowest BCUT2D eigenvalue weighted by molar-refractivity contribution is 0.415. The molecule has 2 rings (SSSR count). The van der Waals surface area contributed by atoms with Gasteiger partial charge in [0.2, 0.25) is 0 Å². The van der Waals surface area contributed by atoms with Gasteiger partial charge >= 0.3 is 0 Å². The van der Waals surface area contributed by atoms with Crippen molar-refractivity contribution in [3.05, 3.63) is 59.7 Å². The minimum Gasteiger partial charge on any atom is -0.497 e. The molecule has 0 fully saturated rings. The molecular formula is C20H19N3O. The zero-order chi connectivity index (χ0) is 17.5. The Labute approximate surface area is 142 Å². The van der Waals surface area contributed by atoms with E-state index in [1.807, 2.05) is 43.3 Å². The highest BCUT2D eigenvalue weighted by Gasteiger charge is 2.06. The lowest BCUT2D eigenvalue weighted by atomic mass is 10.0. The SMILES string of the molecule is COc1ccc(/C(C#N)=C/C#Cc2ccc(N(C)C)cc2)c(N)c1. The molecule has 0 saturated carbocycles. The fourth-order valence-electron chi connectivity index (χ4n) is 2.12. The molecule has 0 amide bonds. The highest BCUT2D eigenvalue weighted by atomic mass is 16.5. The van der Waals surface area contributed by atoms with E-state index in [1.54, 1.807) is 31.4 Å². The highest BCUT2D eigenvalue weighted by Crippen LogP contribution is 2.25. The third kappa shape index (κ3) is 4.09. The van der Waals surface area contributed by atoms with Gasteiger partial charge in [-0.25, -0.2) is 0 Å². The minimum atomic E-state index is 0.424. The molecule has 0 aliphatic rings. The van der Waals surface area contributed by atoms with E-state index in [0.29, 0.717) is 22.6 Å². The molecule has 2 N–H and O–H groups in total. The fourth-order valence-corrected chi connectivity index (χ4v) is 2.12. The number of hydrogen-bond acceptors (Lipinski definition) is 4. The van der Waals surface area contributed by atoms with Crippen molar-refractivity contribution >= 4 is 16.9 Å². The third-order valence-electron chi connectivity index (χ3n) is 3.49. The zero-order valence-electron chi connectivity index (χ0n) is 14.0. The number of nitrogens with zero attached hydrogens (tertiary/aromatic N) is 2. The first-order valence-corrected chi connectivity index (χ1v) is 7.38. The summed E-state index contributed by atoms with van der Waals surface area (Å²) in [6, 6.07) is 15.3. The molecule has 0 spiro atoms. The first-order valence-electron chi connectivity index (χ1n) is 7.38. The Kier molecular flexibility index (Phi) is 5.49. The first-order chi connectivity index (χ1) is 11.5. The minimum absolute atomic E-state index is 0.424. The van der Waals surface area contributed by atoms with Crippen molar-refractivity contribution in [2.75, 3.05) is 31.8 Å². The molecule has 0 heterocycles. The number of rotatable bonds is 3. The van der Waals surface area contributed by atoms with Gasteiger partial charge in [-0.3, -0.25) is 0 Å². The first kappa shape index (κ1) is 17.0. The van der Waals surface area contributed by atoms with Crippen LogP contribution in [0.2, 0.25) is 0 Å². The van der Waals surface area contributed by atoms with Crippen LogP contribution in [-0.4, -0.2) is 21.2 Å². The Morgan fingerprint density at radius 3 is 2.42 bits per heavy atom. The Balaban J connectivity index is 2.25. The molecule has 0 aliphatic carbocycles. The number of allylic oxidation sites excluding steroid dienone is 2. The summed E-state index contributed by atoms with van der Waals surface area (Å²) in [5.41, 5.74) is 9.53. The highest BCUT2D eigenvalue weighted by molar-refractivity contribution is 5.85. The summed E-state index contributed by atoms with van der Waals surface area (Å²) in [4.78, 5) is 2.03. The molecule has 2 aromatic rings. The van der Waals surface area contributed by atoms with Crippen LogP contribution in [0.3, 0.4) is 0 Å². The molecule has 4 heteroatoms. The second kappa shape index (κ2) is 7.76. The van der Waals surface area contributed by atoms with Crippen molar-refractivity contribution in [1.82, 2.24) is 0 Å². The molecule has 24 heavy (non-hydrogen) atoms. The molecule has 0 aliphatic heterocycles. The maximum absolute atomic E-state index is 9.35. The Hall–Kier alpha value is -3.37. The molecule has 0 aromatic heterocycles. The topological polar surface area (TPSA) is 62.3 Å². The average Bonchev–Trinajstić information content (AvgIpc) is 2.59. The smallest absolute Gasteiger partial charge is 0.120 e. The van der Waals surface area contributed by atoms with Crippen LogP contribution < -0.4 is 15.4 Å². The number of nitrogen functional groups attached to an aromatic ring is 1. The molecule has 0 radical (unpaired) electrons. The normalized spacial score (nSPS) is 10.3. The van der Waals surface area contributed by atoms with Crippen LogP contribution in [0.4, 0.5) is 11.4 Å². The van der Waals surface area contributed by atoms with E-state index in [-0.39, 0.29) is 0 Å². The summed E-state index contributed by atoms with van der Waals surface area (Å²) < 4.78 is 5.11. The maximum atomic E-state index is 9.35. The van der Waals surface area contributed by atoms with Crippen molar-refractivity contribution in [2.24, 2.45) is 0 Å². The van der Waals surface area contributed by atoms with Crippen molar-refractivity contribution in [2.45, 2.75) is 0 Å². The summed E-state index contributed by atoms with van der Waals surface area (Å²) in [7, 11) is 5.55. The van der Waals surface area contributed by atoms with Crippen LogP contribution in [0.5, 0.6) is 5.75 Å². The largest absolute Gasteiger partial charge is 0.497 e. The second-order valence-corrected chi connectivity index (χ2v) is 5.33.